The van der Waals surface area contributed by atoms with Crippen LogP contribution in [0.15, 0.2) is 47.0 Å². The van der Waals surface area contributed by atoms with Crippen molar-refractivity contribution in [2.24, 2.45) is 0 Å². The van der Waals surface area contributed by atoms with Crippen LogP contribution < -0.4 is 10.1 Å². The minimum atomic E-state index is 0.307. The molecule has 0 aliphatic rings. The Bertz CT molecular complexity index is 872. The molecule has 0 aliphatic heterocycles. The highest BCUT2D eigenvalue weighted by Gasteiger charge is 2.07. The van der Waals surface area contributed by atoms with Crippen LogP contribution >= 0.6 is 0 Å². The number of aromatic nitrogens is 2. The quantitative estimate of drug-likeness (QED) is 0.645. The minimum Gasteiger partial charge on any atom is -0.485 e. The fourth-order valence-corrected chi connectivity index (χ4v) is 3.02. The summed E-state index contributed by atoms with van der Waals surface area (Å²) in [7, 11) is 0. The fourth-order valence-electron chi connectivity index (χ4n) is 3.02. The molecule has 1 heterocycles. The Morgan fingerprint density at radius 1 is 1.07 bits per heavy atom. The Hall–Kier alpha value is -2.66. The normalized spacial score (nSPS) is 12.1. The molecule has 1 atom stereocenters. The van der Waals surface area contributed by atoms with Gasteiger partial charge in [0.2, 0.25) is 11.7 Å². The summed E-state index contributed by atoms with van der Waals surface area (Å²) in [5.41, 5.74) is 5.31. The van der Waals surface area contributed by atoms with Gasteiger partial charge in [-0.05, 0) is 56.0 Å². The molecular formula is C22H27N3O2. The maximum absolute atomic E-state index is 5.68. The van der Waals surface area contributed by atoms with Gasteiger partial charge < -0.3 is 14.6 Å². The number of nitrogens with zero attached hydrogens (tertiary/aromatic N) is 2. The van der Waals surface area contributed by atoms with Crippen molar-refractivity contribution in [2.45, 2.75) is 53.3 Å². The molecule has 0 radical (unpaired) electrons. The summed E-state index contributed by atoms with van der Waals surface area (Å²) < 4.78 is 10.6. The molecule has 0 amide bonds. The van der Waals surface area contributed by atoms with Crippen LogP contribution in [0.4, 0.5) is 0 Å². The van der Waals surface area contributed by atoms with Crippen molar-refractivity contribution in [3.8, 4) is 5.75 Å². The Labute approximate surface area is 160 Å². The van der Waals surface area contributed by atoms with E-state index < -0.39 is 0 Å². The van der Waals surface area contributed by atoms with E-state index in [1.54, 1.807) is 6.92 Å². The largest absolute Gasteiger partial charge is 0.485 e. The predicted octanol–water partition coefficient (Wildman–Crippen LogP) is 4.29. The van der Waals surface area contributed by atoms with Crippen LogP contribution in [0, 0.1) is 20.8 Å². The van der Waals surface area contributed by atoms with Crippen molar-refractivity contribution in [1.82, 2.24) is 15.5 Å². The minimum absolute atomic E-state index is 0.307. The number of hydrogen-bond donors (Lipinski definition) is 1. The molecule has 3 rings (SSSR count). The molecule has 0 spiro atoms. The van der Waals surface area contributed by atoms with Gasteiger partial charge in [-0.3, -0.25) is 0 Å². The van der Waals surface area contributed by atoms with Gasteiger partial charge in [0, 0.05) is 19.5 Å². The number of benzene rings is 2. The van der Waals surface area contributed by atoms with E-state index in [-0.39, 0.29) is 0 Å². The molecule has 27 heavy (non-hydrogen) atoms. The van der Waals surface area contributed by atoms with Crippen molar-refractivity contribution >= 4 is 0 Å². The van der Waals surface area contributed by atoms with E-state index in [0.717, 1.165) is 18.7 Å². The van der Waals surface area contributed by atoms with Crippen LogP contribution in [-0.2, 0) is 19.6 Å². The van der Waals surface area contributed by atoms with Crippen LogP contribution in [0.1, 0.15) is 40.9 Å². The molecular weight excluding hydrogens is 338 g/mol. The summed E-state index contributed by atoms with van der Waals surface area (Å²) in [4.78, 5) is 4.12. The summed E-state index contributed by atoms with van der Waals surface area (Å²) in [6.07, 6.45) is 1.03. The van der Waals surface area contributed by atoms with Gasteiger partial charge in [0.25, 0.3) is 0 Å². The molecule has 0 saturated heterocycles. The highest BCUT2D eigenvalue weighted by atomic mass is 16.5. The number of rotatable bonds is 8. The average Bonchev–Trinajstić information content (AvgIpc) is 3.07. The fraction of sp³-hybridized carbons (Fsp3) is 0.364. The third-order valence-corrected chi connectivity index (χ3v) is 4.54. The number of ether oxygens (including phenoxy) is 1. The molecule has 0 bridgehead atoms. The Balaban J connectivity index is 1.46. The summed E-state index contributed by atoms with van der Waals surface area (Å²) in [6.45, 7) is 9.44. The van der Waals surface area contributed by atoms with E-state index in [1.165, 1.54) is 22.3 Å². The molecule has 0 saturated carbocycles. The first-order valence-electron chi connectivity index (χ1n) is 9.30. The second kappa shape index (κ2) is 8.82. The van der Waals surface area contributed by atoms with Gasteiger partial charge in [0.15, 0.2) is 6.61 Å². The lowest BCUT2D eigenvalue weighted by molar-refractivity contribution is 0.285. The van der Waals surface area contributed by atoms with Gasteiger partial charge >= 0.3 is 0 Å². The molecule has 3 aromatic rings. The van der Waals surface area contributed by atoms with Crippen LogP contribution in [0.5, 0.6) is 5.75 Å². The molecule has 0 aliphatic carbocycles. The number of aryl methyl sites for hydroxylation is 3. The molecule has 1 aromatic heterocycles. The summed E-state index contributed by atoms with van der Waals surface area (Å²) in [6, 6.07) is 15.2. The molecule has 142 valence electrons. The summed E-state index contributed by atoms with van der Waals surface area (Å²) >= 11 is 0. The van der Waals surface area contributed by atoms with Crippen molar-refractivity contribution < 1.29 is 9.26 Å². The second-order valence-corrected chi connectivity index (χ2v) is 7.08. The average molecular weight is 365 g/mol. The monoisotopic (exact) mass is 365 g/mol. The van der Waals surface area contributed by atoms with E-state index in [9.17, 15) is 0 Å². The van der Waals surface area contributed by atoms with Crippen LogP contribution in [0.3, 0.4) is 0 Å². The van der Waals surface area contributed by atoms with E-state index in [0.29, 0.717) is 24.4 Å². The van der Waals surface area contributed by atoms with Crippen molar-refractivity contribution in [3.63, 3.8) is 0 Å². The third-order valence-electron chi connectivity index (χ3n) is 4.54. The van der Waals surface area contributed by atoms with Crippen LogP contribution in [-0.4, -0.2) is 16.2 Å². The first-order valence-corrected chi connectivity index (χ1v) is 9.30. The Morgan fingerprint density at radius 3 is 2.52 bits per heavy atom. The standard InChI is InChI=1S/C22H27N3O2/c1-15-5-8-20(16(2)11-15)12-17(3)23-13-19-6-9-21(10-7-19)26-14-22-24-18(4)27-25-22/h5-11,17,23H,12-14H2,1-4H3. The summed E-state index contributed by atoms with van der Waals surface area (Å²) in [5, 5.41) is 7.42. The number of nitrogens with one attached hydrogen (secondary N) is 1. The van der Waals surface area contributed by atoms with Gasteiger partial charge in [-0.2, -0.15) is 4.98 Å². The molecule has 2 aromatic carbocycles. The molecule has 5 heteroatoms. The van der Waals surface area contributed by atoms with E-state index in [4.69, 9.17) is 9.26 Å². The maximum atomic E-state index is 5.68. The number of hydrogen-bond acceptors (Lipinski definition) is 5. The van der Waals surface area contributed by atoms with Gasteiger partial charge in [0.1, 0.15) is 5.75 Å². The SMILES string of the molecule is Cc1ccc(CC(C)NCc2ccc(OCc3noc(C)n3)cc2)c(C)c1. The lowest BCUT2D eigenvalue weighted by Gasteiger charge is -2.16. The predicted molar refractivity (Wildman–Crippen MR) is 106 cm³/mol. The maximum Gasteiger partial charge on any atom is 0.223 e. The van der Waals surface area contributed by atoms with Crippen LogP contribution in [0.2, 0.25) is 0 Å². The van der Waals surface area contributed by atoms with Crippen molar-refractivity contribution in [2.75, 3.05) is 0 Å². The molecule has 1 unspecified atom stereocenters. The second-order valence-electron chi connectivity index (χ2n) is 7.08. The van der Waals surface area contributed by atoms with Crippen LogP contribution in [0.25, 0.3) is 0 Å². The molecule has 5 nitrogen and oxygen atoms in total. The van der Waals surface area contributed by atoms with Crippen molar-refractivity contribution in [3.05, 3.63) is 76.4 Å². The van der Waals surface area contributed by atoms with Gasteiger partial charge in [-0.25, -0.2) is 0 Å². The topological polar surface area (TPSA) is 60.2 Å². The Kier molecular flexibility index (Phi) is 6.24. The summed E-state index contributed by atoms with van der Waals surface area (Å²) in [5.74, 6) is 1.90. The first kappa shape index (κ1) is 19.1. The lowest BCUT2D eigenvalue weighted by atomic mass is 10.00. The van der Waals surface area contributed by atoms with Gasteiger partial charge in [-0.1, -0.05) is 41.1 Å². The van der Waals surface area contributed by atoms with Crippen molar-refractivity contribution in [1.29, 1.82) is 0 Å². The van der Waals surface area contributed by atoms with Gasteiger partial charge in [0.05, 0.1) is 0 Å². The van der Waals surface area contributed by atoms with Gasteiger partial charge in [-0.15, -0.1) is 0 Å². The zero-order valence-electron chi connectivity index (χ0n) is 16.5. The van der Waals surface area contributed by atoms with E-state index >= 15 is 0 Å². The third kappa shape index (κ3) is 5.66. The first-order chi connectivity index (χ1) is 13.0. The zero-order valence-corrected chi connectivity index (χ0v) is 16.5. The molecule has 1 N–H and O–H groups in total. The lowest BCUT2D eigenvalue weighted by Crippen LogP contribution is -2.27. The highest BCUT2D eigenvalue weighted by molar-refractivity contribution is 5.31. The van der Waals surface area contributed by atoms with E-state index in [2.05, 4.69) is 66.6 Å². The zero-order chi connectivity index (χ0) is 19.2. The molecule has 0 fully saturated rings. The Morgan fingerprint density at radius 2 is 1.85 bits per heavy atom. The van der Waals surface area contributed by atoms with E-state index in [1.807, 2.05) is 12.1 Å². The highest BCUT2D eigenvalue weighted by Crippen LogP contribution is 2.15. The smallest absolute Gasteiger partial charge is 0.223 e.